The normalized spacial score (nSPS) is 32.3. The molecule has 1 N–H and O–H groups in total. The van der Waals surface area contributed by atoms with Crippen molar-refractivity contribution in [2.75, 3.05) is 7.05 Å². The zero-order valence-corrected chi connectivity index (χ0v) is 12.6. The number of piperidine rings is 1. The summed E-state index contributed by atoms with van der Waals surface area (Å²) < 4.78 is 1.27. The van der Waals surface area contributed by atoms with Crippen LogP contribution >= 0.6 is 27.3 Å². The molecule has 3 rings (SSSR count). The summed E-state index contributed by atoms with van der Waals surface area (Å²) >= 11 is 5.41. The van der Waals surface area contributed by atoms with Gasteiger partial charge in [0.25, 0.3) is 0 Å². The molecule has 2 unspecified atom stereocenters. The van der Waals surface area contributed by atoms with Crippen molar-refractivity contribution in [3.63, 3.8) is 0 Å². The van der Waals surface area contributed by atoms with E-state index in [9.17, 15) is 0 Å². The lowest BCUT2D eigenvalue weighted by atomic mass is 9.98. The highest BCUT2D eigenvalue weighted by Gasteiger charge is 2.34. The number of halogens is 1. The average molecular weight is 315 g/mol. The van der Waals surface area contributed by atoms with Crippen LogP contribution in [0, 0.1) is 0 Å². The van der Waals surface area contributed by atoms with Crippen molar-refractivity contribution in [1.82, 2.24) is 10.2 Å². The number of hydrogen-bond acceptors (Lipinski definition) is 3. The first-order valence-electron chi connectivity index (χ1n) is 6.39. The average Bonchev–Trinajstić information content (AvgIpc) is 2.86. The van der Waals surface area contributed by atoms with Crippen LogP contribution in [0.4, 0.5) is 0 Å². The fourth-order valence-electron chi connectivity index (χ4n) is 3.21. The third-order valence-corrected chi connectivity index (χ3v) is 6.01. The highest BCUT2D eigenvalue weighted by Crippen LogP contribution is 2.31. The molecule has 1 aromatic heterocycles. The molecule has 0 radical (unpaired) electrons. The second kappa shape index (κ2) is 5.00. The van der Waals surface area contributed by atoms with Crippen molar-refractivity contribution in [3.8, 4) is 0 Å². The molecule has 2 aliphatic heterocycles. The predicted octanol–water partition coefficient (Wildman–Crippen LogP) is 3.23. The molecule has 94 valence electrons. The molecular formula is C13H19BrN2S. The molecular weight excluding hydrogens is 296 g/mol. The molecule has 0 saturated carbocycles. The first-order chi connectivity index (χ1) is 8.22. The fraction of sp³-hybridized carbons (Fsp3) is 0.692. The second-order valence-electron chi connectivity index (χ2n) is 5.42. The Morgan fingerprint density at radius 2 is 2.06 bits per heavy atom. The summed E-state index contributed by atoms with van der Waals surface area (Å²) in [6.45, 7) is 1.08. The van der Waals surface area contributed by atoms with Gasteiger partial charge in [-0.3, -0.25) is 4.90 Å². The Hall–Kier alpha value is 0.1000. The number of hydrogen-bond donors (Lipinski definition) is 1. The van der Waals surface area contributed by atoms with Crippen molar-refractivity contribution in [2.45, 2.75) is 50.4 Å². The first kappa shape index (κ1) is 12.2. The Balaban J connectivity index is 1.63. The van der Waals surface area contributed by atoms with Gasteiger partial charge in [0.05, 0.1) is 0 Å². The van der Waals surface area contributed by atoms with Gasteiger partial charge in [-0.1, -0.05) is 0 Å². The van der Waals surface area contributed by atoms with Crippen molar-refractivity contribution in [3.05, 3.63) is 20.8 Å². The van der Waals surface area contributed by atoms with Crippen LogP contribution in [0.5, 0.6) is 0 Å². The maximum Gasteiger partial charge on any atom is 0.0327 e. The van der Waals surface area contributed by atoms with Crippen molar-refractivity contribution < 1.29 is 0 Å². The monoisotopic (exact) mass is 314 g/mol. The van der Waals surface area contributed by atoms with E-state index in [1.165, 1.54) is 35.7 Å². The Bertz CT molecular complexity index is 381. The number of nitrogens with zero attached hydrogens (tertiary/aromatic N) is 1. The Morgan fingerprint density at radius 1 is 1.35 bits per heavy atom. The SMILES string of the molecule is CN(Cc1cscc1Br)C1CC2CCC(C1)N2. The molecule has 2 saturated heterocycles. The quantitative estimate of drug-likeness (QED) is 0.921. The summed E-state index contributed by atoms with van der Waals surface area (Å²) in [5, 5.41) is 8.15. The zero-order chi connectivity index (χ0) is 11.8. The van der Waals surface area contributed by atoms with E-state index in [1.54, 1.807) is 11.3 Å². The molecule has 4 heteroatoms. The largest absolute Gasteiger partial charge is 0.311 e. The van der Waals surface area contributed by atoms with Crippen LogP contribution in [0.2, 0.25) is 0 Å². The molecule has 2 fully saturated rings. The van der Waals surface area contributed by atoms with Gasteiger partial charge in [0, 0.05) is 34.5 Å². The molecule has 1 aromatic rings. The van der Waals surface area contributed by atoms with Crippen LogP contribution < -0.4 is 5.32 Å². The van der Waals surface area contributed by atoms with Crippen LogP contribution in [-0.4, -0.2) is 30.1 Å². The van der Waals surface area contributed by atoms with Crippen LogP contribution in [0.15, 0.2) is 15.2 Å². The molecule has 0 aromatic carbocycles. The molecule has 17 heavy (non-hydrogen) atoms. The molecule has 2 aliphatic rings. The van der Waals surface area contributed by atoms with Gasteiger partial charge in [-0.05, 0) is 59.6 Å². The summed E-state index contributed by atoms with van der Waals surface area (Å²) in [6.07, 6.45) is 5.43. The van der Waals surface area contributed by atoms with E-state index in [0.717, 1.165) is 24.7 Å². The molecule has 3 heterocycles. The van der Waals surface area contributed by atoms with Crippen LogP contribution in [0.25, 0.3) is 0 Å². The van der Waals surface area contributed by atoms with Crippen molar-refractivity contribution in [1.29, 1.82) is 0 Å². The number of rotatable bonds is 3. The van der Waals surface area contributed by atoms with Gasteiger partial charge in [-0.2, -0.15) is 11.3 Å². The molecule has 2 atom stereocenters. The predicted molar refractivity (Wildman–Crippen MR) is 76.5 cm³/mol. The minimum Gasteiger partial charge on any atom is -0.311 e. The Kier molecular flexibility index (Phi) is 3.57. The topological polar surface area (TPSA) is 15.3 Å². The molecule has 2 nitrogen and oxygen atoms in total. The minimum atomic E-state index is 0.764. The Labute approximate surface area is 116 Å². The van der Waals surface area contributed by atoms with Gasteiger partial charge in [0.2, 0.25) is 0 Å². The lowest BCUT2D eigenvalue weighted by molar-refractivity contribution is 0.166. The van der Waals surface area contributed by atoms with E-state index < -0.39 is 0 Å². The van der Waals surface area contributed by atoms with Crippen LogP contribution in [-0.2, 0) is 6.54 Å². The fourth-order valence-corrected chi connectivity index (χ4v) is 4.63. The third kappa shape index (κ3) is 2.60. The lowest BCUT2D eigenvalue weighted by Crippen LogP contribution is -2.46. The minimum absolute atomic E-state index is 0.764. The maximum atomic E-state index is 3.71. The van der Waals surface area contributed by atoms with E-state index in [2.05, 4.69) is 44.0 Å². The molecule has 0 spiro atoms. The highest BCUT2D eigenvalue weighted by molar-refractivity contribution is 9.10. The third-order valence-electron chi connectivity index (χ3n) is 4.18. The number of nitrogens with one attached hydrogen (secondary N) is 1. The number of fused-ring (bicyclic) bond motifs is 2. The second-order valence-corrected chi connectivity index (χ2v) is 7.02. The number of thiophene rings is 1. The van der Waals surface area contributed by atoms with Gasteiger partial charge in [-0.25, -0.2) is 0 Å². The van der Waals surface area contributed by atoms with E-state index >= 15 is 0 Å². The maximum absolute atomic E-state index is 3.71. The van der Waals surface area contributed by atoms with Gasteiger partial charge in [0.1, 0.15) is 0 Å². The summed E-state index contributed by atoms with van der Waals surface area (Å²) in [5.74, 6) is 0. The zero-order valence-electron chi connectivity index (χ0n) is 10.2. The summed E-state index contributed by atoms with van der Waals surface area (Å²) in [7, 11) is 2.28. The molecule has 2 bridgehead atoms. The van der Waals surface area contributed by atoms with Gasteiger partial charge in [0.15, 0.2) is 0 Å². The van der Waals surface area contributed by atoms with Crippen LogP contribution in [0.3, 0.4) is 0 Å². The summed E-state index contributed by atoms with van der Waals surface area (Å²) in [4.78, 5) is 2.54. The van der Waals surface area contributed by atoms with E-state index in [0.29, 0.717) is 0 Å². The standard InChI is InChI=1S/C13H19BrN2S/c1-16(6-9-7-17-8-13(9)14)12-4-10-2-3-11(5-12)15-10/h7-8,10-12,15H,2-6H2,1H3. The van der Waals surface area contributed by atoms with Crippen LogP contribution in [0.1, 0.15) is 31.2 Å². The van der Waals surface area contributed by atoms with E-state index in [-0.39, 0.29) is 0 Å². The van der Waals surface area contributed by atoms with Gasteiger partial charge >= 0.3 is 0 Å². The highest BCUT2D eigenvalue weighted by atomic mass is 79.9. The van der Waals surface area contributed by atoms with E-state index in [4.69, 9.17) is 0 Å². The smallest absolute Gasteiger partial charge is 0.0327 e. The van der Waals surface area contributed by atoms with Gasteiger partial charge in [-0.15, -0.1) is 0 Å². The van der Waals surface area contributed by atoms with Crippen molar-refractivity contribution in [2.24, 2.45) is 0 Å². The van der Waals surface area contributed by atoms with E-state index in [1.807, 2.05) is 0 Å². The molecule has 0 amide bonds. The first-order valence-corrected chi connectivity index (χ1v) is 8.13. The lowest BCUT2D eigenvalue weighted by Gasteiger charge is -2.35. The molecule has 0 aliphatic carbocycles. The summed E-state index contributed by atoms with van der Waals surface area (Å²) in [5.41, 5.74) is 1.43. The van der Waals surface area contributed by atoms with Gasteiger partial charge < -0.3 is 5.32 Å². The Morgan fingerprint density at radius 3 is 2.65 bits per heavy atom. The van der Waals surface area contributed by atoms with Crippen molar-refractivity contribution >= 4 is 27.3 Å². The summed E-state index contributed by atoms with van der Waals surface area (Å²) in [6, 6.07) is 2.33.